The molecule has 0 spiro atoms. The third kappa shape index (κ3) is 1.83. The van der Waals surface area contributed by atoms with Crippen LogP contribution >= 0.6 is 0 Å². The number of benzene rings is 1. The predicted molar refractivity (Wildman–Crippen MR) is 72.6 cm³/mol. The Morgan fingerprint density at radius 1 is 1.21 bits per heavy atom. The van der Waals surface area contributed by atoms with Crippen molar-refractivity contribution < 1.29 is 9.15 Å². The summed E-state index contributed by atoms with van der Waals surface area (Å²) in [6.45, 7) is 0. The third-order valence-corrected chi connectivity index (χ3v) is 2.79. The fourth-order valence-electron chi connectivity index (χ4n) is 1.94. The van der Waals surface area contributed by atoms with Gasteiger partial charge in [-0.05, 0) is 12.1 Å². The zero-order valence-corrected chi connectivity index (χ0v) is 10.3. The Hall–Kier alpha value is -2.76. The van der Waals surface area contributed by atoms with Gasteiger partial charge in [-0.2, -0.15) is 0 Å². The molecule has 0 bridgehead atoms. The molecule has 96 valence electrons. The summed E-state index contributed by atoms with van der Waals surface area (Å²) in [5.74, 6) is 0.908. The maximum absolute atomic E-state index is 5.88. The Morgan fingerprint density at radius 3 is 2.58 bits per heavy atom. The molecule has 0 atom stereocenters. The molecule has 0 radical (unpaired) electrons. The minimum absolute atomic E-state index is 0.442. The number of fused-ring (bicyclic) bond motifs is 1. The van der Waals surface area contributed by atoms with Crippen LogP contribution in [0.3, 0.4) is 0 Å². The number of nitrogens with two attached hydrogens (primary N) is 2. The van der Waals surface area contributed by atoms with Gasteiger partial charge in [0.2, 0.25) is 5.89 Å². The Kier molecular flexibility index (Phi) is 2.49. The second-order valence-electron chi connectivity index (χ2n) is 4.05. The average Bonchev–Trinajstić information content (AvgIpc) is 2.82. The molecule has 3 rings (SSSR count). The Balaban J connectivity index is 2.16. The van der Waals surface area contributed by atoms with Crippen LogP contribution in [0.1, 0.15) is 0 Å². The van der Waals surface area contributed by atoms with Crippen molar-refractivity contribution >= 4 is 22.5 Å². The molecule has 1 aromatic carbocycles. The number of aromatic nitrogens is 2. The molecule has 6 nitrogen and oxygen atoms in total. The van der Waals surface area contributed by atoms with Crippen LogP contribution in [-0.2, 0) is 0 Å². The summed E-state index contributed by atoms with van der Waals surface area (Å²) in [6.07, 6.45) is 3.28. The van der Waals surface area contributed by atoms with Gasteiger partial charge in [-0.3, -0.25) is 4.98 Å². The third-order valence-electron chi connectivity index (χ3n) is 2.79. The molecule has 0 aliphatic heterocycles. The molecule has 19 heavy (non-hydrogen) atoms. The standard InChI is InChI=1S/C13H12N4O2/c1-18-12-8(14)4-7(5-9(12)15)13-17-10-6-16-3-2-11(10)19-13/h2-6H,14-15H2,1H3. The van der Waals surface area contributed by atoms with Crippen molar-refractivity contribution in [3.05, 3.63) is 30.6 Å². The molecule has 0 fully saturated rings. The zero-order valence-electron chi connectivity index (χ0n) is 10.3. The maximum Gasteiger partial charge on any atom is 0.227 e. The van der Waals surface area contributed by atoms with Gasteiger partial charge in [0.15, 0.2) is 11.3 Å². The van der Waals surface area contributed by atoms with Gasteiger partial charge in [-0.1, -0.05) is 0 Å². The van der Waals surface area contributed by atoms with Gasteiger partial charge in [-0.15, -0.1) is 0 Å². The van der Waals surface area contributed by atoms with Crippen LogP contribution in [0.2, 0.25) is 0 Å². The Morgan fingerprint density at radius 2 is 1.95 bits per heavy atom. The van der Waals surface area contributed by atoms with Crippen molar-refractivity contribution in [2.75, 3.05) is 18.6 Å². The quantitative estimate of drug-likeness (QED) is 0.681. The minimum Gasteiger partial charge on any atom is -0.492 e. The molecule has 0 amide bonds. The summed E-state index contributed by atoms with van der Waals surface area (Å²) >= 11 is 0. The highest BCUT2D eigenvalue weighted by Gasteiger charge is 2.13. The second-order valence-corrected chi connectivity index (χ2v) is 4.05. The van der Waals surface area contributed by atoms with E-state index in [1.54, 1.807) is 30.6 Å². The van der Waals surface area contributed by atoms with Crippen molar-refractivity contribution in [3.63, 3.8) is 0 Å². The van der Waals surface area contributed by atoms with E-state index in [9.17, 15) is 0 Å². The van der Waals surface area contributed by atoms with Gasteiger partial charge in [0, 0.05) is 17.8 Å². The molecule has 4 N–H and O–H groups in total. The van der Waals surface area contributed by atoms with E-state index in [1.165, 1.54) is 7.11 Å². The topological polar surface area (TPSA) is 100 Å². The van der Waals surface area contributed by atoms with E-state index < -0.39 is 0 Å². The predicted octanol–water partition coefficient (Wildman–Crippen LogP) is 2.06. The smallest absolute Gasteiger partial charge is 0.227 e. The molecule has 0 aliphatic rings. The lowest BCUT2D eigenvalue weighted by atomic mass is 10.1. The fourth-order valence-corrected chi connectivity index (χ4v) is 1.94. The lowest BCUT2D eigenvalue weighted by molar-refractivity contribution is 0.419. The van der Waals surface area contributed by atoms with Crippen LogP contribution in [0.4, 0.5) is 11.4 Å². The first-order valence-electron chi connectivity index (χ1n) is 5.63. The fraction of sp³-hybridized carbons (Fsp3) is 0.0769. The molecular formula is C13H12N4O2. The van der Waals surface area contributed by atoms with Gasteiger partial charge in [0.05, 0.1) is 24.7 Å². The minimum atomic E-state index is 0.442. The summed E-state index contributed by atoms with van der Waals surface area (Å²) in [5, 5.41) is 0. The summed E-state index contributed by atoms with van der Waals surface area (Å²) in [4.78, 5) is 8.33. The van der Waals surface area contributed by atoms with Gasteiger partial charge < -0.3 is 20.6 Å². The summed E-state index contributed by atoms with van der Waals surface area (Å²) < 4.78 is 10.7. The van der Waals surface area contributed by atoms with Crippen LogP contribution < -0.4 is 16.2 Å². The molecule has 0 unspecified atom stereocenters. The highest BCUT2D eigenvalue weighted by atomic mass is 16.5. The van der Waals surface area contributed by atoms with Crippen molar-refractivity contribution in [2.45, 2.75) is 0 Å². The van der Waals surface area contributed by atoms with E-state index >= 15 is 0 Å². The number of anilines is 2. The first-order valence-corrected chi connectivity index (χ1v) is 5.63. The Labute approximate surface area is 109 Å². The number of pyridine rings is 1. The number of ether oxygens (including phenoxy) is 1. The monoisotopic (exact) mass is 256 g/mol. The van der Waals surface area contributed by atoms with Crippen molar-refractivity contribution in [1.82, 2.24) is 9.97 Å². The molecule has 0 saturated heterocycles. The van der Waals surface area contributed by atoms with Gasteiger partial charge in [0.25, 0.3) is 0 Å². The van der Waals surface area contributed by atoms with E-state index in [0.29, 0.717) is 39.7 Å². The molecule has 0 saturated carbocycles. The van der Waals surface area contributed by atoms with Crippen LogP contribution in [0.25, 0.3) is 22.6 Å². The molecule has 0 aliphatic carbocycles. The van der Waals surface area contributed by atoms with E-state index in [4.69, 9.17) is 20.6 Å². The summed E-state index contributed by atoms with van der Waals surface area (Å²) in [7, 11) is 1.52. The number of oxazole rings is 1. The van der Waals surface area contributed by atoms with Crippen molar-refractivity contribution in [2.24, 2.45) is 0 Å². The van der Waals surface area contributed by atoms with Crippen molar-refractivity contribution in [1.29, 1.82) is 0 Å². The van der Waals surface area contributed by atoms with E-state index in [0.717, 1.165) is 0 Å². The number of hydrogen-bond acceptors (Lipinski definition) is 6. The number of nitrogens with zero attached hydrogens (tertiary/aromatic N) is 2. The molecule has 3 aromatic rings. The maximum atomic E-state index is 5.88. The lowest BCUT2D eigenvalue weighted by Gasteiger charge is -2.08. The van der Waals surface area contributed by atoms with Crippen LogP contribution in [-0.4, -0.2) is 17.1 Å². The Bertz CT molecular complexity index is 695. The summed E-state index contributed by atoms with van der Waals surface area (Å²) in [6, 6.07) is 5.18. The first kappa shape index (κ1) is 11.3. The molecule has 2 heterocycles. The highest BCUT2D eigenvalue weighted by Crippen LogP contribution is 2.34. The summed E-state index contributed by atoms with van der Waals surface area (Å²) in [5.41, 5.74) is 14.7. The van der Waals surface area contributed by atoms with Crippen LogP contribution in [0, 0.1) is 0 Å². The van der Waals surface area contributed by atoms with Gasteiger partial charge in [0.1, 0.15) is 5.52 Å². The van der Waals surface area contributed by atoms with Gasteiger partial charge in [-0.25, -0.2) is 4.98 Å². The average molecular weight is 256 g/mol. The van der Waals surface area contributed by atoms with E-state index in [-0.39, 0.29) is 0 Å². The number of nitrogen functional groups attached to an aromatic ring is 2. The normalized spacial score (nSPS) is 10.8. The van der Waals surface area contributed by atoms with Crippen LogP contribution in [0.15, 0.2) is 35.0 Å². The number of methoxy groups -OCH3 is 1. The first-order chi connectivity index (χ1) is 9.19. The largest absolute Gasteiger partial charge is 0.492 e. The zero-order chi connectivity index (χ0) is 13.4. The number of rotatable bonds is 2. The second kappa shape index (κ2) is 4.16. The van der Waals surface area contributed by atoms with Crippen LogP contribution in [0.5, 0.6) is 5.75 Å². The van der Waals surface area contributed by atoms with Crippen molar-refractivity contribution in [3.8, 4) is 17.2 Å². The van der Waals surface area contributed by atoms with Gasteiger partial charge >= 0.3 is 0 Å². The highest BCUT2D eigenvalue weighted by molar-refractivity contribution is 5.79. The number of hydrogen-bond donors (Lipinski definition) is 2. The van der Waals surface area contributed by atoms with E-state index in [1.807, 2.05) is 0 Å². The lowest BCUT2D eigenvalue weighted by Crippen LogP contribution is -1.98. The molecular weight excluding hydrogens is 244 g/mol. The van der Waals surface area contributed by atoms with E-state index in [2.05, 4.69) is 9.97 Å². The molecule has 2 aromatic heterocycles. The molecule has 6 heteroatoms. The SMILES string of the molecule is COc1c(N)cc(-c2nc3cnccc3o2)cc1N.